The number of nitrogens with one attached hydrogen (secondary N) is 2. The predicted octanol–water partition coefficient (Wildman–Crippen LogP) is 3.18. The van der Waals surface area contributed by atoms with E-state index >= 15 is 0 Å². The number of aliphatic imine (C=N–C) groups is 1. The standard InChI is InChI=1S/C17H29N3O/c1-6-14(4)20-17(18-5)19-11-15-8-7-9-16(10-15)21-12-13(2)3/h7-10,13-14H,6,11-12H2,1-5H3,(H2,18,19,20). The molecule has 0 saturated heterocycles. The van der Waals surface area contributed by atoms with Gasteiger partial charge < -0.3 is 15.4 Å². The normalized spacial score (nSPS) is 13.1. The fourth-order valence-corrected chi connectivity index (χ4v) is 1.72. The summed E-state index contributed by atoms with van der Waals surface area (Å²) in [4.78, 5) is 4.24. The highest BCUT2D eigenvalue weighted by molar-refractivity contribution is 5.79. The first-order valence-electron chi connectivity index (χ1n) is 7.74. The first kappa shape index (κ1) is 17.3. The number of hydrogen-bond acceptors (Lipinski definition) is 2. The Bertz CT molecular complexity index is 443. The van der Waals surface area contributed by atoms with Gasteiger partial charge in [-0.3, -0.25) is 4.99 Å². The monoisotopic (exact) mass is 291 g/mol. The largest absolute Gasteiger partial charge is 0.493 e. The number of hydrogen-bond donors (Lipinski definition) is 2. The minimum Gasteiger partial charge on any atom is -0.493 e. The van der Waals surface area contributed by atoms with Crippen LogP contribution in [-0.4, -0.2) is 25.7 Å². The maximum Gasteiger partial charge on any atom is 0.191 e. The molecule has 1 unspecified atom stereocenters. The molecule has 118 valence electrons. The quantitative estimate of drug-likeness (QED) is 0.599. The van der Waals surface area contributed by atoms with Crippen molar-refractivity contribution in [3.63, 3.8) is 0 Å². The van der Waals surface area contributed by atoms with Crippen molar-refractivity contribution >= 4 is 5.96 Å². The van der Waals surface area contributed by atoms with Crippen molar-refractivity contribution in [1.29, 1.82) is 0 Å². The van der Waals surface area contributed by atoms with Crippen LogP contribution in [0, 0.1) is 5.92 Å². The van der Waals surface area contributed by atoms with Crippen LogP contribution in [0.3, 0.4) is 0 Å². The van der Waals surface area contributed by atoms with E-state index in [4.69, 9.17) is 4.74 Å². The fraction of sp³-hybridized carbons (Fsp3) is 0.588. The molecule has 0 aliphatic carbocycles. The van der Waals surface area contributed by atoms with Crippen LogP contribution in [0.2, 0.25) is 0 Å². The Morgan fingerprint density at radius 3 is 2.67 bits per heavy atom. The van der Waals surface area contributed by atoms with Gasteiger partial charge in [-0.15, -0.1) is 0 Å². The summed E-state index contributed by atoms with van der Waals surface area (Å²) < 4.78 is 5.75. The molecule has 21 heavy (non-hydrogen) atoms. The zero-order chi connectivity index (χ0) is 15.7. The van der Waals surface area contributed by atoms with Gasteiger partial charge >= 0.3 is 0 Å². The van der Waals surface area contributed by atoms with E-state index in [0.29, 0.717) is 12.0 Å². The zero-order valence-electron chi connectivity index (χ0n) is 13.9. The van der Waals surface area contributed by atoms with Crippen molar-refractivity contribution in [3.8, 4) is 5.75 Å². The molecule has 1 aromatic rings. The minimum atomic E-state index is 0.414. The molecule has 2 N–H and O–H groups in total. The van der Waals surface area contributed by atoms with Crippen molar-refractivity contribution in [3.05, 3.63) is 29.8 Å². The summed E-state index contributed by atoms with van der Waals surface area (Å²) in [6.45, 7) is 10.1. The summed E-state index contributed by atoms with van der Waals surface area (Å²) in [5.41, 5.74) is 1.18. The lowest BCUT2D eigenvalue weighted by Gasteiger charge is -2.16. The molecular formula is C17H29N3O. The van der Waals surface area contributed by atoms with Gasteiger partial charge in [0.05, 0.1) is 6.61 Å². The highest BCUT2D eigenvalue weighted by Gasteiger charge is 2.03. The Balaban J connectivity index is 2.52. The molecule has 0 aliphatic rings. The summed E-state index contributed by atoms with van der Waals surface area (Å²) in [7, 11) is 1.79. The Kier molecular flexibility index (Phi) is 7.65. The number of benzene rings is 1. The van der Waals surface area contributed by atoms with Crippen LogP contribution in [0.15, 0.2) is 29.3 Å². The van der Waals surface area contributed by atoms with Crippen molar-refractivity contribution in [2.24, 2.45) is 10.9 Å². The summed E-state index contributed by atoms with van der Waals surface area (Å²) >= 11 is 0. The first-order chi connectivity index (χ1) is 10.0. The molecule has 0 saturated carbocycles. The van der Waals surface area contributed by atoms with Gasteiger partial charge in [0.2, 0.25) is 0 Å². The van der Waals surface area contributed by atoms with Gasteiger partial charge in [0.15, 0.2) is 5.96 Å². The lowest BCUT2D eigenvalue weighted by molar-refractivity contribution is 0.271. The van der Waals surface area contributed by atoms with Crippen LogP contribution >= 0.6 is 0 Å². The van der Waals surface area contributed by atoms with Crippen molar-refractivity contribution in [2.75, 3.05) is 13.7 Å². The van der Waals surface area contributed by atoms with E-state index in [1.807, 2.05) is 12.1 Å². The van der Waals surface area contributed by atoms with Crippen molar-refractivity contribution < 1.29 is 4.74 Å². The van der Waals surface area contributed by atoms with Gasteiger partial charge in [-0.05, 0) is 37.0 Å². The fourth-order valence-electron chi connectivity index (χ4n) is 1.72. The molecule has 0 aliphatic heterocycles. The predicted molar refractivity (Wildman–Crippen MR) is 89.9 cm³/mol. The Morgan fingerprint density at radius 1 is 1.29 bits per heavy atom. The Hall–Kier alpha value is -1.71. The molecule has 0 spiro atoms. The average molecular weight is 291 g/mol. The lowest BCUT2D eigenvalue weighted by atomic mass is 10.2. The second kappa shape index (κ2) is 9.27. The van der Waals surface area contributed by atoms with Crippen molar-refractivity contribution in [1.82, 2.24) is 10.6 Å². The third-order valence-electron chi connectivity index (χ3n) is 3.16. The van der Waals surface area contributed by atoms with E-state index in [-0.39, 0.29) is 0 Å². The third-order valence-corrected chi connectivity index (χ3v) is 3.16. The van der Waals surface area contributed by atoms with Crippen LogP contribution in [-0.2, 0) is 6.54 Å². The smallest absolute Gasteiger partial charge is 0.191 e. The molecule has 4 nitrogen and oxygen atoms in total. The molecule has 1 aromatic carbocycles. The molecule has 0 fully saturated rings. The van der Waals surface area contributed by atoms with Gasteiger partial charge in [0, 0.05) is 19.6 Å². The summed E-state index contributed by atoms with van der Waals surface area (Å²) in [5, 5.41) is 6.68. The second-order valence-corrected chi connectivity index (χ2v) is 5.73. The minimum absolute atomic E-state index is 0.414. The van der Waals surface area contributed by atoms with E-state index in [9.17, 15) is 0 Å². The molecule has 4 heteroatoms. The molecule has 1 rings (SSSR count). The van der Waals surface area contributed by atoms with Crippen LogP contribution < -0.4 is 15.4 Å². The maximum atomic E-state index is 5.75. The molecule has 0 radical (unpaired) electrons. The number of rotatable bonds is 7. The summed E-state index contributed by atoms with van der Waals surface area (Å²) in [6, 6.07) is 8.60. The molecule has 0 bridgehead atoms. The van der Waals surface area contributed by atoms with E-state index in [0.717, 1.165) is 31.3 Å². The van der Waals surface area contributed by atoms with Crippen LogP contribution in [0.1, 0.15) is 39.7 Å². The SMILES string of the molecule is CCC(C)NC(=NC)NCc1cccc(OCC(C)C)c1. The topological polar surface area (TPSA) is 45.7 Å². The first-order valence-corrected chi connectivity index (χ1v) is 7.74. The molecule has 1 atom stereocenters. The molecule has 0 aromatic heterocycles. The van der Waals surface area contributed by atoms with Crippen LogP contribution in [0.4, 0.5) is 0 Å². The highest BCUT2D eigenvalue weighted by Crippen LogP contribution is 2.14. The third kappa shape index (κ3) is 7.02. The van der Waals surface area contributed by atoms with Gasteiger partial charge in [-0.1, -0.05) is 32.9 Å². The van der Waals surface area contributed by atoms with E-state index in [2.05, 4.69) is 55.5 Å². The number of nitrogens with zero attached hydrogens (tertiary/aromatic N) is 1. The van der Waals surface area contributed by atoms with Gasteiger partial charge in [-0.2, -0.15) is 0 Å². The molecule has 0 amide bonds. The number of guanidine groups is 1. The highest BCUT2D eigenvalue weighted by atomic mass is 16.5. The Morgan fingerprint density at radius 2 is 2.05 bits per heavy atom. The summed E-state index contributed by atoms with van der Waals surface area (Å²) in [6.07, 6.45) is 1.07. The van der Waals surface area contributed by atoms with E-state index < -0.39 is 0 Å². The molecular weight excluding hydrogens is 262 g/mol. The average Bonchev–Trinajstić information content (AvgIpc) is 2.49. The van der Waals surface area contributed by atoms with Crippen LogP contribution in [0.5, 0.6) is 5.75 Å². The Labute approximate surface area is 129 Å². The number of ether oxygens (including phenoxy) is 1. The molecule has 0 heterocycles. The van der Waals surface area contributed by atoms with Crippen molar-refractivity contribution in [2.45, 2.75) is 46.7 Å². The van der Waals surface area contributed by atoms with E-state index in [1.54, 1.807) is 7.05 Å². The summed E-state index contributed by atoms with van der Waals surface area (Å²) in [5.74, 6) is 2.29. The van der Waals surface area contributed by atoms with Gasteiger partial charge in [-0.25, -0.2) is 0 Å². The lowest BCUT2D eigenvalue weighted by Crippen LogP contribution is -2.41. The van der Waals surface area contributed by atoms with Crippen LogP contribution in [0.25, 0.3) is 0 Å². The second-order valence-electron chi connectivity index (χ2n) is 5.73. The van der Waals surface area contributed by atoms with Gasteiger partial charge in [0.1, 0.15) is 5.75 Å². The maximum absolute atomic E-state index is 5.75. The zero-order valence-corrected chi connectivity index (χ0v) is 13.9. The van der Waals surface area contributed by atoms with E-state index in [1.165, 1.54) is 5.56 Å². The van der Waals surface area contributed by atoms with Gasteiger partial charge in [0.25, 0.3) is 0 Å².